The lowest BCUT2D eigenvalue weighted by Crippen LogP contribution is -2.17. The van der Waals surface area contributed by atoms with Gasteiger partial charge in [0.15, 0.2) is 0 Å². The quantitative estimate of drug-likeness (QED) is 0.580. The van der Waals surface area contributed by atoms with Crippen molar-refractivity contribution >= 4 is 0 Å². The summed E-state index contributed by atoms with van der Waals surface area (Å²) in [5.74, 6) is 0.952. The van der Waals surface area contributed by atoms with Gasteiger partial charge in [-0.15, -0.1) is 0 Å². The molecule has 0 radical (unpaired) electrons. The van der Waals surface area contributed by atoms with Crippen molar-refractivity contribution in [2.45, 2.75) is 39.3 Å². The van der Waals surface area contributed by atoms with Crippen LogP contribution in [0.4, 0.5) is 0 Å². The second-order valence-corrected chi connectivity index (χ2v) is 5.88. The number of nitrogens with one attached hydrogen (secondary N) is 1. The third kappa shape index (κ3) is 7.16. The van der Waals surface area contributed by atoms with Crippen LogP contribution in [0.3, 0.4) is 0 Å². The normalized spacial score (nSPS) is 10.7. The van der Waals surface area contributed by atoms with E-state index in [4.69, 9.17) is 9.47 Å². The van der Waals surface area contributed by atoms with E-state index in [0.29, 0.717) is 6.61 Å². The summed E-state index contributed by atoms with van der Waals surface area (Å²) >= 11 is 0. The topological polar surface area (TPSA) is 30.5 Å². The molecule has 130 valence electrons. The number of rotatable bonds is 12. The Morgan fingerprint density at radius 2 is 1.62 bits per heavy atom. The highest BCUT2D eigenvalue weighted by Crippen LogP contribution is 2.19. The van der Waals surface area contributed by atoms with Crippen molar-refractivity contribution in [3.63, 3.8) is 0 Å². The van der Waals surface area contributed by atoms with Gasteiger partial charge in [-0.05, 0) is 31.0 Å². The summed E-state index contributed by atoms with van der Waals surface area (Å²) in [6.45, 7) is 6.27. The zero-order valence-corrected chi connectivity index (χ0v) is 14.7. The van der Waals surface area contributed by atoms with Gasteiger partial charge in [0, 0.05) is 25.3 Å². The van der Waals surface area contributed by atoms with E-state index in [2.05, 4.69) is 36.5 Å². The Hall–Kier alpha value is -1.84. The van der Waals surface area contributed by atoms with Crippen LogP contribution < -0.4 is 10.1 Å². The van der Waals surface area contributed by atoms with Crippen LogP contribution in [0.25, 0.3) is 0 Å². The second kappa shape index (κ2) is 11.7. The molecule has 24 heavy (non-hydrogen) atoms. The Morgan fingerprint density at radius 1 is 0.875 bits per heavy atom. The zero-order valence-electron chi connectivity index (χ0n) is 14.7. The maximum Gasteiger partial charge on any atom is 0.124 e. The fourth-order valence-corrected chi connectivity index (χ4v) is 2.40. The van der Waals surface area contributed by atoms with Gasteiger partial charge in [-0.25, -0.2) is 0 Å². The number of unbranched alkanes of at least 4 members (excludes halogenated alkanes) is 1. The SMILES string of the molecule is CCCCOCCCNCc1ccccc1OCc1ccccc1. The molecule has 2 rings (SSSR count). The van der Waals surface area contributed by atoms with Crippen molar-refractivity contribution in [3.8, 4) is 5.75 Å². The van der Waals surface area contributed by atoms with Gasteiger partial charge in [-0.3, -0.25) is 0 Å². The number of hydrogen-bond acceptors (Lipinski definition) is 3. The van der Waals surface area contributed by atoms with Gasteiger partial charge >= 0.3 is 0 Å². The molecule has 0 amide bonds. The minimum absolute atomic E-state index is 0.600. The van der Waals surface area contributed by atoms with E-state index in [1.54, 1.807) is 0 Å². The van der Waals surface area contributed by atoms with Crippen LogP contribution in [-0.2, 0) is 17.9 Å². The number of para-hydroxylation sites is 1. The van der Waals surface area contributed by atoms with Crippen LogP contribution in [0.1, 0.15) is 37.3 Å². The highest BCUT2D eigenvalue weighted by molar-refractivity contribution is 5.33. The number of benzene rings is 2. The van der Waals surface area contributed by atoms with Crippen molar-refractivity contribution in [1.29, 1.82) is 0 Å². The molecule has 0 aliphatic heterocycles. The van der Waals surface area contributed by atoms with Gasteiger partial charge in [0.05, 0.1) is 0 Å². The van der Waals surface area contributed by atoms with Crippen molar-refractivity contribution in [2.24, 2.45) is 0 Å². The molecule has 0 aliphatic carbocycles. The number of hydrogen-bond donors (Lipinski definition) is 1. The van der Waals surface area contributed by atoms with Crippen LogP contribution in [-0.4, -0.2) is 19.8 Å². The smallest absolute Gasteiger partial charge is 0.124 e. The van der Waals surface area contributed by atoms with E-state index in [-0.39, 0.29) is 0 Å². The predicted octanol–water partition coefficient (Wildman–Crippen LogP) is 4.56. The van der Waals surface area contributed by atoms with E-state index < -0.39 is 0 Å². The lowest BCUT2D eigenvalue weighted by Gasteiger charge is -2.12. The fraction of sp³-hybridized carbons (Fsp3) is 0.429. The Kier molecular flexibility index (Phi) is 8.99. The molecule has 2 aromatic rings. The van der Waals surface area contributed by atoms with E-state index in [1.165, 1.54) is 17.5 Å². The molecular formula is C21H29NO2. The summed E-state index contributed by atoms with van der Waals surface area (Å²) in [4.78, 5) is 0. The van der Waals surface area contributed by atoms with E-state index in [0.717, 1.165) is 44.9 Å². The van der Waals surface area contributed by atoms with Gasteiger partial charge in [0.2, 0.25) is 0 Å². The molecule has 0 bridgehead atoms. The van der Waals surface area contributed by atoms with E-state index in [1.807, 2.05) is 30.3 Å². The van der Waals surface area contributed by atoms with Gasteiger partial charge in [-0.2, -0.15) is 0 Å². The molecule has 0 unspecified atom stereocenters. The summed E-state index contributed by atoms with van der Waals surface area (Å²) in [6, 6.07) is 18.5. The van der Waals surface area contributed by atoms with Gasteiger partial charge in [0.1, 0.15) is 12.4 Å². The minimum atomic E-state index is 0.600. The Bertz CT molecular complexity index is 557. The van der Waals surface area contributed by atoms with E-state index >= 15 is 0 Å². The van der Waals surface area contributed by atoms with Crippen molar-refractivity contribution < 1.29 is 9.47 Å². The van der Waals surface area contributed by atoms with Crippen molar-refractivity contribution in [1.82, 2.24) is 5.32 Å². The van der Waals surface area contributed by atoms with Crippen LogP contribution in [0, 0.1) is 0 Å². The Labute approximate surface area is 146 Å². The highest BCUT2D eigenvalue weighted by Gasteiger charge is 2.03. The molecule has 0 aliphatic rings. The molecule has 0 aromatic heterocycles. The molecule has 0 fully saturated rings. The Balaban J connectivity index is 1.69. The molecule has 0 heterocycles. The molecule has 0 saturated heterocycles. The van der Waals surface area contributed by atoms with Crippen LogP contribution in [0.2, 0.25) is 0 Å². The maximum absolute atomic E-state index is 5.98. The van der Waals surface area contributed by atoms with Gasteiger partial charge in [-0.1, -0.05) is 61.9 Å². The molecule has 3 heteroatoms. The summed E-state index contributed by atoms with van der Waals surface area (Å²) in [7, 11) is 0. The lowest BCUT2D eigenvalue weighted by molar-refractivity contribution is 0.128. The molecular weight excluding hydrogens is 298 g/mol. The third-order valence-electron chi connectivity index (χ3n) is 3.81. The second-order valence-electron chi connectivity index (χ2n) is 5.88. The minimum Gasteiger partial charge on any atom is -0.489 e. The first-order valence-electron chi connectivity index (χ1n) is 8.93. The predicted molar refractivity (Wildman–Crippen MR) is 99.3 cm³/mol. The third-order valence-corrected chi connectivity index (χ3v) is 3.81. The van der Waals surface area contributed by atoms with Gasteiger partial charge in [0.25, 0.3) is 0 Å². The molecule has 0 saturated carbocycles. The van der Waals surface area contributed by atoms with Crippen LogP contribution >= 0.6 is 0 Å². The average Bonchev–Trinajstić information content (AvgIpc) is 2.64. The molecule has 0 atom stereocenters. The van der Waals surface area contributed by atoms with Crippen molar-refractivity contribution in [3.05, 3.63) is 65.7 Å². The molecule has 0 spiro atoms. The highest BCUT2D eigenvalue weighted by atomic mass is 16.5. The summed E-state index contributed by atoms with van der Waals surface area (Å²) < 4.78 is 11.6. The first kappa shape index (κ1) is 18.5. The lowest BCUT2D eigenvalue weighted by atomic mass is 10.2. The summed E-state index contributed by atoms with van der Waals surface area (Å²) in [5.41, 5.74) is 2.38. The molecule has 3 nitrogen and oxygen atoms in total. The van der Waals surface area contributed by atoms with Crippen LogP contribution in [0.15, 0.2) is 54.6 Å². The number of ether oxygens (including phenoxy) is 2. The molecule has 2 aromatic carbocycles. The fourth-order valence-electron chi connectivity index (χ4n) is 2.40. The summed E-state index contributed by atoms with van der Waals surface area (Å²) in [6.07, 6.45) is 3.38. The monoisotopic (exact) mass is 327 g/mol. The summed E-state index contributed by atoms with van der Waals surface area (Å²) in [5, 5.41) is 3.47. The maximum atomic E-state index is 5.98. The van der Waals surface area contributed by atoms with Crippen molar-refractivity contribution in [2.75, 3.05) is 19.8 Å². The largest absolute Gasteiger partial charge is 0.489 e. The van der Waals surface area contributed by atoms with Gasteiger partial charge < -0.3 is 14.8 Å². The first-order valence-corrected chi connectivity index (χ1v) is 8.93. The first-order chi connectivity index (χ1) is 11.9. The van der Waals surface area contributed by atoms with Crippen LogP contribution in [0.5, 0.6) is 5.75 Å². The average molecular weight is 327 g/mol. The molecule has 1 N–H and O–H groups in total. The Morgan fingerprint density at radius 3 is 2.46 bits per heavy atom. The zero-order chi connectivity index (χ0) is 16.9. The standard InChI is InChI=1S/C21H29NO2/c1-2-3-15-23-16-9-14-22-17-20-12-7-8-13-21(20)24-18-19-10-5-4-6-11-19/h4-8,10-13,22H,2-3,9,14-18H2,1H3. The van der Waals surface area contributed by atoms with E-state index in [9.17, 15) is 0 Å².